The molecule has 1 fully saturated rings. The van der Waals surface area contributed by atoms with Gasteiger partial charge in [-0.3, -0.25) is 5.10 Å². The average molecular weight is 282 g/mol. The molecule has 107 valence electrons. The van der Waals surface area contributed by atoms with Gasteiger partial charge in [-0.05, 0) is 25.7 Å². The van der Waals surface area contributed by atoms with E-state index < -0.39 is 0 Å². The molecule has 1 radical (unpaired) electrons. The molecule has 2 aromatic rings. The van der Waals surface area contributed by atoms with Gasteiger partial charge in [0.2, 0.25) is 0 Å². The highest BCUT2D eigenvalue weighted by Gasteiger charge is 2.19. The smallest absolute Gasteiger partial charge is 0.183 e. The molecule has 0 aromatic carbocycles. The lowest BCUT2D eigenvalue weighted by Crippen LogP contribution is -2.02. The molecule has 3 rings (SSSR count). The van der Waals surface area contributed by atoms with E-state index in [2.05, 4.69) is 37.2 Å². The van der Waals surface area contributed by atoms with E-state index in [1.807, 2.05) is 12.1 Å². The molecule has 7 nitrogen and oxygen atoms in total. The number of nitriles is 1. The van der Waals surface area contributed by atoms with Crippen molar-refractivity contribution in [3.63, 3.8) is 0 Å². The maximum absolute atomic E-state index is 8.92. The standard InChI is InChI=1S/C14H16N7/c1-16-14-11(7-15)17-8-13(19-14)18-12-6-10(20-21-12)9-4-2-3-5-9/h2,6,8-9H,3-5H2,1H3,(H3,16,18,19,20,21)/t9-/m0/s1. The average Bonchev–Trinajstić information content (AvgIpc) is 3.17. The number of rotatable bonds is 4. The predicted molar refractivity (Wildman–Crippen MR) is 79.1 cm³/mol. The number of hydrogen-bond acceptors (Lipinski definition) is 6. The van der Waals surface area contributed by atoms with Crippen LogP contribution in [0.1, 0.15) is 36.6 Å². The third kappa shape index (κ3) is 2.79. The van der Waals surface area contributed by atoms with Gasteiger partial charge in [-0.2, -0.15) is 10.4 Å². The van der Waals surface area contributed by atoms with Gasteiger partial charge in [-0.1, -0.05) is 0 Å². The van der Waals surface area contributed by atoms with Crippen LogP contribution in [0, 0.1) is 17.8 Å². The molecule has 0 aliphatic heterocycles. The largest absolute Gasteiger partial charge is 0.371 e. The molecular weight excluding hydrogens is 266 g/mol. The van der Waals surface area contributed by atoms with Crippen molar-refractivity contribution in [3.05, 3.63) is 30.1 Å². The summed E-state index contributed by atoms with van der Waals surface area (Å²) in [6.07, 6.45) is 7.27. The summed E-state index contributed by atoms with van der Waals surface area (Å²) in [5, 5.41) is 22.2. The van der Waals surface area contributed by atoms with Crippen LogP contribution < -0.4 is 10.6 Å². The molecule has 3 N–H and O–H groups in total. The molecule has 0 unspecified atom stereocenters. The van der Waals surface area contributed by atoms with E-state index in [0.717, 1.165) is 12.1 Å². The quantitative estimate of drug-likeness (QED) is 0.795. The van der Waals surface area contributed by atoms with E-state index in [9.17, 15) is 0 Å². The predicted octanol–water partition coefficient (Wildman–Crippen LogP) is 2.33. The number of H-pyrrole nitrogens is 1. The van der Waals surface area contributed by atoms with Gasteiger partial charge in [0.15, 0.2) is 23.1 Å². The van der Waals surface area contributed by atoms with Gasteiger partial charge in [0.25, 0.3) is 0 Å². The van der Waals surface area contributed by atoms with Crippen LogP contribution in [0.4, 0.5) is 17.5 Å². The third-order valence-corrected chi connectivity index (χ3v) is 3.58. The summed E-state index contributed by atoms with van der Waals surface area (Å²) >= 11 is 0. The fourth-order valence-electron chi connectivity index (χ4n) is 2.48. The van der Waals surface area contributed by atoms with Crippen LogP contribution in [-0.4, -0.2) is 27.2 Å². The molecule has 21 heavy (non-hydrogen) atoms. The Morgan fingerprint density at radius 1 is 1.43 bits per heavy atom. The first-order valence-corrected chi connectivity index (χ1v) is 6.89. The second kappa shape index (κ2) is 5.79. The molecule has 2 aromatic heterocycles. The molecule has 1 atom stereocenters. The highest BCUT2D eigenvalue weighted by Crippen LogP contribution is 2.33. The summed E-state index contributed by atoms with van der Waals surface area (Å²) in [6, 6.07) is 3.99. The van der Waals surface area contributed by atoms with Gasteiger partial charge < -0.3 is 10.6 Å². The zero-order valence-electron chi connectivity index (χ0n) is 11.7. The van der Waals surface area contributed by atoms with E-state index >= 15 is 0 Å². The summed E-state index contributed by atoms with van der Waals surface area (Å²) in [5.74, 6) is 2.24. The van der Waals surface area contributed by atoms with Gasteiger partial charge in [-0.15, -0.1) is 0 Å². The van der Waals surface area contributed by atoms with Crippen molar-refractivity contribution < 1.29 is 0 Å². The first kappa shape index (κ1) is 13.4. The van der Waals surface area contributed by atoms with Crippen molar-refractivity contribution in [2.45, 2.75) is 25.2 Å². The Labute approximate surface area is 122 Å². The normalized spacial score (nSPS) is 14.9. The zero-order chi connectivity index (χ0) is 14.7. The number of nitrogens with zero attached hydrogens (tertiary/aromatic N) is 4. The van der Waals surface area contributed by atoms with Crippen LogP contribution in [0.3, 0.4) is 0 Å². The number of nitrogens with one attached hydrogen (secondary N) is 3. The van der Waals surface area contributed by atoms with Gasteiger partial charge >= 0.3 is 0 Å². The minimum absolute atomic E-state index is 0.271. The number of anilines is 3. The van der Waals surface area contributed by atoms with Gasteiger partial charge in [0.05, 0.1) is 6.20 Å². The first-order valence-electron chi connectivity index (χ1n) is 6.89. The molecular formula is C14H16N7. The van der Waals surface area contributed by atoms with Crippen LogP contribution in [0.5, 0.6) is 0 Å². The van der Waals surface area contributed by atoms with Crippen LogP contribution in [-0.2, 0) is 0 Å². The van der Waals surface area contributed by atoms with Crippen molar-refractivity contribution in [2.24, 2.45) is 0 Å². The summed E-state index contributed by atoms with van der Waals surface area (Å²) in [5.41, 5.74) is 1.41. The number of aromatic nitrogens is 4. The SMILES string of the molecule is CNc1nc(Nc2cc([C@H]3C[CH]CC3)[nH]n2)cnc1C#N. The van der Waals surface area contributed by atoms with Crippen molar-refractivity contribution in [1.82, 2.24) is 20.2 Å². The Morgan fingerprint density at radius 3 is 3.05 bits per heavy atom. The molecule has 7 heteroatoms. The summed E-state index contributed by atoms with van der Waals surface area (Å²) in [7, 11) is 1.71. The van der Waals surface area contributed by atoms with E-state index in [1.54, 1.807) is 7.05 Å². The van der Waals surface area contributed by atoms with Crippen molar-refractivity contribution >= 4 is 17.5 Å². The minimum Gasteiger partial charge on any atom is -0.371 e. The zero-order valence-corrected chi connectivity index (χ0v) is 11.7. The molecule has 1 aliphatic carbocycles. The van der Waals surface area contributed by atoms with Gasteiger partial charge in [0, 0.05) is 24.7 Å². The van der Waals surface area contributed by atoms with E-state index in [1.165, 1.54) is 19.0 Å². The lowest BCUT2D eigenvalue weighted by Gasteiger charge is -2.05. The van der Waals surface area contributed by atoms with Crippen molar-refractivity contribution in [3.8, 4) is 6.07 Å². The van der Waals surface area contributed by atoms with E-state index in [-0.39, 0.29) is 5.69 Å². The fourth-order valence-corrected chi connectivity index (χ4v) is 2.48. The second-order valence-corrected chi connectivity index (χ2v) is 4.95. The molecule has 1 saturated carbocycles. The molecule has 0 saturated heterocycles. The molecule has 0 bridgehead atoms. The topological polar surface area (TPSA) is 102 Å². The van der Waals surface area contributed by atoms with Crippen LogP contribution in [0.15, 0.2) is 12.3 Å². The Kier molecular flexibility index (Phi) is 3.69. The Morgan fingerprint density at radius 2 is 2.33 bits per heavy atom. The van der Waals surface area contributed by atoms with Gasteiger partial charge in [0.1, 0.15) is 6.07 Å². The lowest BCUT2D eigenvalue weighted by molar-refractivity contribution is 0.699. The Bertz CT molecular complexity index is 664. The number of hydrogen-bond donors (Lipinski definition) is 3. The van der Waals surface area contributed by atoms with E-state index in [0.29, 0.717) is 23.4 Å². The highest BCUT2D eigenvalue weighted by atomic mass is 15.2. The third-order valence-electron chi connectivity index (χ3n) is 3.58. The highest BCUT2D eigenvalue weighted by molar-refractivity contribution is 5.57. The monoisotopic (exact) mass is 282 g/mol. The molecule has 0 amide bonds. The van der Waals surface area contributed by atoms with Gasteiger partial charge in [-0.25, -0.2) is 9.97 Å². The maximum atomic E-state index is 8.92. The number of aromatic amines is 1. The Balaban J connectivity index is 1.76. The van der Waals surface area contributed by atoms with Crippen LogP contribution in [0.2, 0.25) is 0 Å². The van der Waals surface area contributed by atoms with Crippen LogP contribution in [0.25, 0.3) is 0 Å². The van der Waals surface area contributed by atoms with Crippen LogP contribution >= 0.6 is 0 Å². The lowest BCUT2D eigenvalue weighted by atomic mass is 10.0. The maximum Gasteiger partial charge on any atom is 0.183 e. The molecule has 1 aliphatic rings. The summed E-state index contributed by atoms with van der Waals surface area (Å²) in [6.45, 7) is 0. The van der Waals surface area contributed by atoms with E-state index in [4.69, 9.17) is 5.26 Å². The second-order valence-electron chi connectivity index (χ2n) is 4.95. The fraction of sp³-hybridized carbons (Fsp3) is 0.357. The minimum atomic E-state index is 0.271. The molecule has 2 heterocycles. The first-order chi connectivity index (χ1) is 10.3. The van der Waals surface area contributed by atoms with Crippen molar-refractivity contribution in [2.75, 3.05) is 17.7 Å². The Hall–Kier alpha value is -2.62. The summed E-state index contributed by atoms with van der Waals surface area (Å²) in [4.78, 5) is 8.35. The van der Waals surface area contributed by atoms with Crippen molar-refractivity contribution in [1.29, 1.82) is 5.26 Å². The molecule has 0 spiro atoms. The summed E-state index contributed by atoms with van der Waals surface area (Å²) < 4.78 is 0.